The Morgan fingerprint density at radius 1 is 1.05 bits per heavy atom. The van der Waals surface area contributed by atoms with Crippen molar-refractivity contribution in [3.05, 3.63) is 11.6 Å². The molecule has 0 amide bonds. The molecular weight excluding hydrogens is 272 g/mol. The molecule has 124 valence electrons. The topological polar surface area (TPSA) is 40.5 Å². The average Bonchev–Trinajstić information content (AvgIpc) is 2.70. The van der Waals surface area contributed by atoms with Gasteiger partial charge in [-0.1, -0.05) is 32.4 Å². The Kier molecular flexibility index (Phi) is 3.18. The van der Waals surface area contributed by atoms with Crippen LogP contribution in [0, 0.1) is 34.5 Å². The predicted octanol–water partition coefficient (Wildman–Crippen LogP) is 4.27. The molecule has 3 fully saturated rings. The van der Waals surface area contributed by atoms with Crippen molar-refractivity contribution >= 4 is 0 Å². The third-order valence-electron chi connectivity index (χ3n) is 8.48. The second-order valence-electron chi connectivity index (χ2n) is 9.32. The summed E-state index contributed by atoms with van der Waals surface area (Å²) in [5.41, 5.74) is 1.84. The van der Waals surface area contributed by atoms with Crippen LogP contribution in [0.3, 0.4) is 0 Å². The Morgan fingerprint density at radius 3 is 2.55 bits per heavy atom. The van der Waals surface area contributed by atoms with E-state index in [-0.39, 0.29) is 5.41 Å². The molecule has 22 heavy (non-hydrogen) atoms. The highest BCUT2D eigenvalue weighted by molar-refractivity contribution is 5.25. The first kappa shape index (κ1) is 15.2. The third kappa shape index (κ3) is 1.74. The molecule has 4 aliphatic carbocycles. The maximum absolute atomic E-state index is 10.6. The Labute approximate surface area is 135 Å². The van der Waals surface area contributed by atoms with Gasteiger partial charge >= 0.3 is 0 Å². The summed E-state index contributed by atoms with van der Waals surface area (Å²) in [5.74, 6) is 1.19. The van der Waals surface area contributed by atoms with Gasteiger partial charge in [0.05, 0.1) is 0 Å². The fourth-order valence-electron chi connectivity index (χ4n) is 7.09. The first-order valence-electron chi connectivity index (χ1n) is 9.44. The summed E-state index contributed by atoms with van der Waals surface area (Å²) >= 11 is 0. The van der Waals surface area contributed by atoms with Gasteiger partial charge in [0.25, 0.3) is 0 Å². The van der Waals surface area contributed by atoms with Crippen LogP contribution in [0.4, 0.5) is 0 Å². The summed E-state index contributed by atoms with van der Waals surface area (Å²) in [6.07, 6.45) is 11.5. The lowest BCUT2D eigenvalue weighted by Gasteiger charge is -2.60. The number of rotatable bonds is 0. The molecule has 0 radical (unpaired) electrons. The van der Waals surface area contributed by atoms with Gasteiger partial charge in [0.2, 0.25) is 0 Å². The fourth-order valence-corrected chi connectivity index (χ4v) is 7.09. The molecule has 1 unspecified atom stereocenters. The summed E-state index contributed by atoms with van der Waals surface area (Å²) in [7, 11) is 0. The second-order valence-corrected chi connectivity index (χ2v) is 9.32. The van der Waals surface area contributed by atoms with Crippen molar-refractivity contribution in [2.45, 2.75) is 77.9 Å². The van der Waals surface area contributed by atoms with Crippen molar-refractivity contribution in [2.75, 3.05) is 0 Å². The zero-order valence-corrected chi connectivity index (χ0v) is 14.4. The van der Waals surface area contributed by atoms with Gasteiger partial charge < -0.3 is 10.2 Å². The summed E-state index contributed by atoms with van der Waals surface area (Å²) in [5, 5.41) is 21.1. The molecule has 0 saturated heterocycles. The van der Waals surface area contributed by atoms with Crippen LogP contribution in [-0.4, -0.2) is 16.0 Å². The van der Waals surface area contributed by atoms with E-state index >= 15 is 0 Å². The highest BCUT2D eigenvalue weighted by Gasteiger charge is 2.64. The van der Waals surface area contributed by atoms with Crippen LogP contribution in [0.5, 0.6) is 0 Å². The number of fused-ring (bicyclic) bond motifs is 5. The molecule has 0 aliphatic heterocycles. The predicted molar refractivity (Wildman–Crippen MR) is 88.0 cm³/mol. The largest absolute Gasteiger partial charge is 0.365 e. The van der Waals surface area contributed by atoms with E-state index in [2.05, 4.69) is 26.8 Å². The minimum atomic E-state index is -1.44. The van der Waals surface area contributed by atoms with Crippen molar-refractivity contribution in [1.82, 2.24) is 0 Å². The van der Waals surface area contributed by atoms with Gasteiger partial charge in [-0.15, -0.1) is 0 Å². The monoisotopic (exact) mass is 304 g/mol. The number of hydrogen-bond donors (Lipinski definition) is 2. The maximum atomic E-state index is 10.6. The highest BCUT2D eigenvalue weighted by Crippen LogP contribution is 2.68. The van der Waals surface area contributed by atoms with E-state index in [1.165, 1.54) is 32.1 Å². The summed E-state index contributed by atoms with van der Waals surface area (Å²) in [4.78, 5) is 0. The van der Waals surface area contributed by atoms with Gasteiger partial charge in [0.15, 0.2) is 5.79 Å². The third-order valence-corrected chi connectivity index (χ3v) is 8.48. The molecule has 6 atom stereocenters. The average molecular weight is 304 g/mol. The molecule has 0 aromatic carbocycles. The minimum absolute atomic E-state index is 0.283. The van der Waals surface area contributed by atoms with Crippen LogP contribution < -0.4 is 0 Å². The van der Waals surface area contributed by atoms with Gasteiger partial charge in [0.1, 0.15) is 0 Å². The zero-order chi connectivity index (χ0) is 15.8. The van der Waals surface area contributed by atoms with Crippen molar-refractivity contribution in [3.63, 3.8) is 0 Å². The Balaban J connectivity index is 1.74. The molecule has 0 aromatic heterocycles. The molecule has 4 rings (SSSR count). The van der Waals surface area contributed by atoms with Gasteiger partial charge in [0, 0.05) is 11.8 Å². The lowest BCUT2D eigenvalue weighted by molar-refractivity contribution is -0.250. The van der Waals surface area contributed by atoms with Crippen LogP contribution >= 0.6 is 0 Å². The van der Waals surface area contributed by atoms with Crippen molar-refractivity contribution in [1.29, 1.82) is 0 Å². The first-order chi connectivity index (χ1) is 10.3. The fraction of sp³-hybridized carbons (Fsp3) is 0.900. The van der Waals surface area contributed by atoms with Gasteiger partial charge in [-0.05, 0) is 74.0 Å². The quantitative estimate of drug-likeness (QED) is 0.518. The van der Waals surface area contributed by atoms with Gasteiger partial charge in [-0.2, -0.15) is 0 Å². The van der Waals surface area contributed by atoms with Crippen molar-refractivity contribution in [3.8, 4) is 0 Å². The number of aliphatic hydroxyl groups is 2. The van der Waals surface area contributed by atoms with Crippen molar-refractivity contribution < 1.29 is 10.2 Å². The Hall–Kier alpha value is -0.340. The molecular formula is C20H32O2. The summed E-state index contributed by atoms with van der Waals surface area (Å²) < 4.78 is 0. The highest BCUT2D eigenvalue weighted by atomic mass is 16.5. The second kappa shape index (κ2) is 4.60. The van der Waals surface area contributed by atoms with E-state index in [0.717, 1.165) is 18.8 Å². The SMILES string of the molecule is CC1CC2=CCCC[C@]2(C)[C@@H]2CC[C@@]3(C)[C@@H](CCC3(O)O)[C@H]12. The van der Waals surface area contributed by atoms with Crippen LogP contribution in [0.25, 0.3) is 0 Å². The smallest absolute Gasteiger partial charge is 0.168 e. The van der Waals surface area contributed by atoms with Crippen molar-refractivity contribution in [2.24, 2.45) is 34.5 Å². The molecule has 0 aromatic rings. The minimum Gasteiger partial charge on any atom is -0.365 e. The molecule has 3 saturated carbocycles. The standard InChI is InChI=1S/C20H32O2/c1-13-12-14-6-4-5-9-18(14,2)15-7-10-19(3)16(17(13)15)8-11-20(19,21)22/h6,13,15-17,21-22H,4-5,7-12H2,1-3H3/t13?,15-,16+,17-,18+,19+/m1/s1. The Bertz CT molecular complexity index is 508. The molecule has 2 N–H and O–H groups in total. The van der Waals surface area contributed by atoms with E-state index in [1.54, 1.807) is 5.57 Å². The Morgan fingerprint density at radius 2 is 1.77 bits per heavy atom. The van der Waals surface area contributed by atoms with E-state index in [1.807, 2.05) is 0 Å². The summed E-state index contributed by atoms with van der Waals surface area (Å²) in [6, 6.07) is 0. The summed E-state index contributed by atoms with van der Waals surface area (Å²) in [6.45, 7) is 7.10. The van der Waals surface area contributed by atoms with Crippen LogP contribution in [0.1, 0.15) is 72.1 Å². The lowest BCUT2D eigenvalue weighted by Crippen LogP contribution is -2.56. The maximum Gasteiger partial charge on any atom is 0.168 e. The number of hydrogen-bond acceptors (Lipinski definition) is 2. The van der Waals surface area contributed by atoms with Crippen LogP contribution in [0.2, 0.25) is 0 Å². The van der Waals surface area contributed by atoms with E-state index in [4.69, 9.17) is 0 Å². The molecule has 0 bridgehead atoms. The molecule has 4 aliphatic rings. The van der Waals surface area contributed by atoms with E-state index < -0.39 is 5.79 Å². The van der Waals surface area contributed by atoms with Crippen LogP contribution in [-0.2, 0) is 0 Å². The molecule has 0 spiro atoms. The normalized spacial score (nSPS) is 53.2. The molecule has 0 heterocycles. The van der Waals surface area contributed by atoms with Crippen LogP contribution in [0.15, 0.2) is 11.6 Å². The number of allylic oxidation sites excluding steroid dienone is 2. The first-order valence-corrected chi connectivity index (χ1v) is 9.44. The molecule has 2 heteroatoms. The molecule has 2 nitrogen and oxygen atoms in total. The van der Waals surface area contributed by atoms with E-state index in [9.17, 15) is 10.2 Å². The lowest BCUT2D eigenvalue weighted by atomic mass is 9.45. The zero-order valence-electron chi connectivity index (χ0n) is 14.4. The van der Waals surface area contributed by atoms with Gasteiger partial charge in [-0.3, -0.25) is 0 Å². The van der Waals surface area contributed by atoms with E-state index in [0.29, 0.717) is 29.6 Å². The van der Waals surface area contributed by atoms with Gasteiger partial charge in [-0.25, -0.2) is 0 Å².